The van der Waals surface area contributed by atoms with E-state index < -0.39 is 0 Å². The summed E-state index contributed by atoms with van der Waals surface area (Å²) in [6.07, 6.45) is 6.84. The number of aryl methyl sites for hydroxylation is 2. The van der Waals surface area contributed by atoms with Gasteiger partial charge in [-0.25, -0.2) is 0 Å². The van der Waals surface area contributed by atoms with Gasteiger partial charge in [-0.3, -0.25) is 4.79 Å². The van der Waals surface area contributed by atoms with Crippen molar-refractivity contribution < 1.29 is 4.79 Å². The van der Waals surface area contributed by atoms with Crippen molar-refractivity contribution in [3.8, 4) is 0 Å². The maximum absolute atomic E-state index is 12.6. The molecule has 3 rings (SSSR count). The summed E-state index contributed by atoms with van der Waals surface area (Å²) in [6.45, 7) is 6.09. The topological polar surface area (TPSA) is 32.3 Å². The molecule has 0 saturated carbocycles. The van der Waals surface area contributed by atoms with Crippen LogP contribution in [0.4, 0.5) is 0 Å². The van der Waals surface area contributed by atoms with Gasteiger partial charge in [0.05, 0.1) is 0 Å². The van der Waals surface area contributed by atoms with Crippen molar-refractivity contribution in [1.29, 1.82) is 0 Å². The zero-order valence-corrected chi connectivity index (χ0v) is 14.4. The minimum atomic E-state index is 0.278. The standard InChI is InChI=1S/C20H30N2O/c1-16-2-4-17(5-3-16)6-7-18-10-14-22(15-11-18)20(23)19-8-12-21-13-9-19/h2-5,18-19,21H,6-15H2,1H3. The first-order chi connectivity index (χ1) is 11.2. The Balaban J connectivity index is 1.41. The van der Waals surface area contributed by atoms with Crippen LogP contribution in [0.2, 0.25) is 0 Å². The molecule has 0 spiro atoms. The van der Waals surface area contributed by atoms with E-state index in [0.29, 0.717) is 5.91 Å². The van der Waals surface area contributed by atoms with Crippen LogP contribution in [0.5, 0.6) is 0 Å². The molecule has 0 aliphatic carbocycles. The Kier molecular flexibility index (Phi) is 5.71. The maximum atomic E-state index is 12.6. The Labute approximate surface area is 140 Å². The summed E-state index contributed by atoms with van der Waals surface area (Å²) in [5, 5.41) is 3.34. The molecule has 0 atom stereocenters. The fourth-order valence-corrected chi connectivity index (χ4v) is 3.89. The van der Waals surface area contributed by atoms with Gasteiger partial charge in [-0.05, 0) is 70.0 Å². The fourth-order valence-electron chi connectivity index (χ4n) is 3.89. The molecule has 2 aliphatic heterocycles. The van der Waals surface area contributed by atoms with Crippen molar-refractivity contribution in [1.82, 2.24) is 10.2 Å². The molecule has 3 heteroatoms. The molecule has 0 radical (unpaired) electrons. The number of piperidine rings is 2. The van der Waals surface area contributed by atoms with Gasteiger partial charge in [0.2, 0.25) is 5.91 Å². The molecule has 1 aromatic rings. The van der Waals surface area contributed by atoms with Gasteiger partial charge < -0.3 is 10.2 Å². The molecule has 0 aromatic heterocycles. The lowest BCUT2D eigenvalue weighted by atomic mass is 9.89. The number of nitrogens with zero attached hydrogens (tertiary/aromatic N) is 1. The average Bonchev–Trinajstić information content (AvgIpc) is 2.62. The van der Waals surface area contributed by atoms with E-state index in [9.17, 15) is 4.79 Å². The van der Waals surface area contributed by atoms with E-state index in [0.717, 1.165) is 44.9 Å². The molecule has 23 heavy (non-hydrogen) atoms. The minimum Gasteiger partial charge on any atom is -0.342 e. The molecular weight excluding hydrogens is 284 g/mol. The van der Waals surface area contributed by atoms with Crippen molar-refractivity contribution in [2.45, 2.75) is 45.4 Å². The second-order valence-electron chi connectivity index (χ2n) is 7.32. The summed E-state index contributed by atoms with van der Waals surface area (Å²) in [7, 11) is 0. The molecule has 1 amide bonds. The smallest absolute Gasteiger partial charge is 0.225 e. The van der Waals surface area contributed by atoms with Crippen LogP contribution in [0, 0.1) is 18.8 Å². The van der Waals surface area contributed by atoms with Crippen molar-refractivity contribution in [2.75, 3.05) is 26.2 Å². The third kappa shape index (κ3) is 4.57. The Morgan fingerprint density at radius 1 is 1.09 bits per heavy atom. The number of carbonyl (C=O) groups excluding carboxylic acids is 1. The predicted octanol–water partition coefficient (Wildman–Crippen LogP) is 3.17. The van der Waals surface area contributed by atoms with Crippen molar-refractivity contribution in [2.24, 2.45) is 11.8 Å². The van der Waals surface area contributed by atoms with Gasteiger partial charge in [-0.1, -0.05) is 29.8 Å². The fraction of sp³-hybridized carbons (Fsp3) is 0.650. The summed E-state index contributed by atoms with van der Waals surface area (Å²) in [5.41, 5.74) is 2.78. The van der Waals surface area contributed by atoms with Crippen molar-refractivity contribution in [3.05, 3.63) is 35.4 Å². The average molecular weight is 314 g/mol. The highest BCUT2D eigenvalue weighted by Crippen LogP contribution is 2.25. The third-order valence-corrected chi connectivity index (χ3v) is 5.58. The van der Waals surface area contributed by atoms with Gasteiger partial charge in [0.15, 0.2) is 0 Å². The first-order valence-corrected chi connectivity index (χ1v) is 9.27. The van der Waals surface area contributed by atoms with Crippen LogP contribution in [0.3, 0.4) is 0 Å². The quantitative estimate of drug-likeness (QED) is 0.926. The lowest BCUT2D eigenvalue weighted by molar-refractivity contribution is -0.137. The largest absolute Gasteiger partial charge is 0.342 e. The molecule has 2 fully saturated rings. The van der Waals surface area contributed by atoms with Crippen LogP contribution in [0.15, 0.2) is 24.3 Å². The van der Waals surface area contributed by atoms with Gasteiger partial charge in [0, 0.05) is 19.0 Å². The summed E-state index contributed by atoms with van der Waals surface area (Å²) in [4.78, 5) is 14.7. The summed E-state index contributed by atoms with van der Waals surface area (Å²) in [6, 6.07) is 8.92. The first kappa shape index (κ1) is 16.5. The van der Waals surface area contributed by atoms with E-state index >= 15 is 0 Å². The SMILES string of the molecule is Cc1ccc(CCC2CCN(C(=O)C3CCNCC3)CC2)cc1. The zero-order chi connectivity index (χ0) is 16.1. The molecular formula is C20H30N2O. The van der Waals surface area contributed by atoms with Crippen molar-refractivity contribution >= 4 is 5.91 Å². The normalized spacial score (nSPS) is 20.7. The zero-order valence-electron chi connectivity index (χ0n) is 14.4. The van der Waals surface area contributed by atoms with Crippen molar-refractivity contribution in [3.63, 3.8) is 0 Å². The molecule has 126 valence electrons. The molecule has 0 unspecified atom stereocenters. The van der Waals surface area contributed by atoms with Gasteiger partial charge >= 0.3 is 0 Å². The highest BCUT2D eigenvalue weighted by Gasteiger charge is 2.28. The van der Waals surface area contributed by atoms with Gasteiger partial charge in [-0.15, -0.1) is 0 Å². The number of hydrogen-bond donors (Lipinski definition) is 1. The Morgan fingerprint density at radius 3 is 2.39 bits per heavy atom. The van der Waals surface area contributed by atoms with Crippen LogP contribution in [-0.2, 0) is 11.2 Å². The van der Waals surface area contributed by atoms with Crippen LogP contribution in [-0.4, -0.2) is 37.0 Å². The van der Waals surface area contributed by atoms with Crippen LogP contribution < -0.4 is 5.32 Å². The van der Waals surface area contributed by atoms with E-state index in [2.05, 4.69) is 41.4 Å². The van der Waals surface area contributed by atoms with Crippen LogP contribution in [0.1, 0.15) is 43.2 Å². The number of amides is 1. The van der Waals surface area contributed by atoms with E-state index in [4.69, 9.17) is 0 Å². The van der Waals surface area contributed by atoms with E-state index in [-0.39, 0.29) is 5.92 Å². The molecule has 3 nitrogen and oxygen atoms in total. The molecule has 2 heterocycles. The Bertz CT molecular complexity index is 497. The lowest BCUT2D eigenvalue weighted by Crippen LogP contribution is -2.44. The van der Waals surface area contributed by atoms with E-state index in [1.807, 2.05) is 0 Å². The summed E-state index contributed by atoms with van der Waals surface area (Å²) in [5.74, 6) is 1.48. The minimum absolute atomic E-state index is 0.278. The van der Waals surface area contributed by atoms with Crippen LogP contribution in [0.25, 0.3) is 0 Å². The number of hydrogen-bond acceptors (Lipinski definition) is 2. The molecule has 1 aromatic carbocycles. The van der Waals surface area contributed by atoms with Gasteiger partial charge in [0.1, 0.15) is 0 Å². The Morgan fingerprint density at radius 2 is 1.74 bits per heavy atom. The first-order valence-electron chi connectivity index (χ1n) is 9.27. The van der Waals surface area contributed by atoms with Crippen LogP contribution >= 0.6 is 0 Å². The van der Waals surface area contributed by atoms with Gasteiger partial charge in [-0.2, -0.15) is 0 Å². The number of benzene rings is 1. The molecule has 2 saturated heterocycles. The molecule has 1 N–H and O–H groups in total. The Hall–Kier alpha value is -1.35. The molecule has 0 bridgehead atoms. The number of nitrogens with one attached hydrogen (secondary N) is 1. The second kappa shape index (κ2) is 7.96. The summed E-state index contributed by atoms with van der Waals surface area (Å²) >= 11 is 0. The van der Waals surface area contributed by atoms with E-state index in [1.165, 1.54) is 36.8 Å². The molecule has 2 aliphatic rings. The third-order valence-electron chi connectivity index (χ3n) is 5.58. The highest BCUT2D eigenvalue weighted by molar-refractivity contribution is 5.79. The second-order valence-corrected chi connectivity index (χ2v) is 7.32. The number of likely N-dealkylation sites (tertiary alicyclic amines) is 1. The van der Waals surface area contributed by atoms with E-state index in [1.54, 1.807) is 0 Å². The summed E-state index contributed by atoms with van der Waals surface area (Å²) < 4.78 is 0. The number of carbonyl (C=O) groups is 1. The number of rotatable bonds is 4. The van der Waals surface area contributed by atoms with Gasteiger partial charge in [0.25, 0.3) is 0 Å². The highest BCUT2D eigenvalue weighted by atomic mass is 16.2. The predicted molar refractivity (Wildman–Crippen MR) is 94.4 cm³/mol. The maximum Gasteiger partial charge on any atom is 0.225 e. The lowest BCUT2D eigenvalue weighted by Gasteiger charge is -2.35. The monoisotopic (exact) mass is 314 g/mol.